The Kier molecular flexibility index (Phi) is 7.88. The summed E-state index contributed by atoms with van der Waals surface area (Å²) in [4.78, 5) is 16.8. The summed E-state index contributed by atoms with van der Waals surface area (Å²) >= 11 is 0. The summed E-state index contributed by atoms with van der Waals surface area (Å²) in [7, 11) is 3.95. The Bertz CT molecular complexity index is 729. The lowest BCUT2D eigenvalue weighted by Crippen LogP contribution is -2.39. The van der Waals surface area contributed by atoms with Crippen LogP contribution in [0.15, 0.2) is 48.5 Å². The monoisotopic (exact) mass is 383 g/mol. The maximum absolute atomic E-state index is 12.4. The van der Waals surface area contributed by atoms with Crippen molar-refractivity contribution in [2.75, 3.05) is 37.5 Å². The molecule has 5 heteroatoms. The van der Waals surface area contributed by atoms with E-state index in [9.17, 15) is 4.79 Å². The van der Waals surface area contributed by atoms with Crippen molar-refractivity contribution in [1.82, 2.24) is 4.90 Å². The average molecular weight is 384 g/mol. The molecule has 0 bridgehead atoms. The Labute approximate surface area is 169 Å². The van der Waals surface area contributed by atoms with Crippen LogP contribution in [-0.4, -0.2) is 50.1 Å². The van der Waals surface area contributed by atoms with Crippen molar-refractivity contribution < 1.29 is 9.53 Å². The molecule has 0 atom stereocenters. The number of hydrogen-bond donors (Lipinski definition) is 1. The number of nitrogens with one attached hydrogen (secondary N) is 1. The minimum Gasteiger partial charge on any atom is -0.492 e. The van der Waals surface area contributed by atoms with Gasteiger partial charge in [-0.2, -0.15) is 0 Å². The first-order chi connectivity index (χ1) is 13.3. The number of ether oxygens (including phenoxy) is 1. The lowest BCUT2D eigenvalue weighted by atomic mass is 10.2. The van der Waals surface area contributed by atoms with E-state index >= 15 is 0 Å². The smallest absolute Gasteiger partial charge is 0.255 e. The minimum atomic E-state index is -0.122. The molecule has 0 saturated heterocycles. The molecule has 2 aromatic carbocycles. The topological polar surface area (TPSA) is 44.8 Å². The van der Waals surface area contributed by atoms with Gasteiger partial charge in [0, 0.05) is 49.7 Å². The highest BCUT2D eigenvalue weighted by atomic mass is 16.5. The normalized spacial score (nSPS) is 11.2. The highest BCUT2D eigenvalue weighted by molar-refractivity contribution is 6.04. The molecule has 0 aliphatic rings. The van der Waals surface area contributed by atoms with Crippen molar-refractivity contribution in [1.29, 1.82) is 0 Å². The van der Waals surface area contributed by atoms with Gasteiger partial charge in [0.05, 0.1) is 0 Å². The van der Waals surface area contributed by atoms with E-state index in [1.165, 1.54) is 0 Å². The van der Waals surface area contributed by atoms with Gasteiger partial charge in [0.15, 0.2) is 0 Å². The fourth-order valence-corrected chi connectivity index (χ4v) is 3.13. The third-order valence-electron chi connectivity index (χ3n) is 4.70. The predicted octanol–water partition coefficient (Wildman–Crippen LogP) is 4.50. The van der Waals surface area contributed by atoms with Crippen molar-refractivity contribution in [2.24, 2.45) is 0 Å². The fraction of sp³-hybridized carbons (Fsp3) is 0.435. The zero-order valence-corrected chi connectivity index (χ0v) is 17.9. The van der Waals surface area contributed by atoms with E-state index in [1.54, 1.807) is 0 Å². The molecule has 0 heterocycles. The first-order valence-corrected chi connectivity index (χ1v) is 9.85. The van der Waals surface area contributed by atoms with Gasteiger partial charge in [-0.1, -0.05) is 0 Å². The first-order valence-electron chi connectivity index (χ1n) is 9.85. The van der Waals surface area contributed by atoms with Crippen molar-refractivity contribution in [3.8, 4) is 5.75 Å². The van der Waals surface area contributed by atoms with Gasteiger partial charge in [-0.05, 0) is 76.2 Å². The van der Waals surface area contributed by atoms with Crippen LogP contribution in [-0.2, 0) is 0 Å². The molecule has 0 radical (unpaired) electrons. The fourth-order valence-electron chi connectivity index (χ4n) is 3.13. The van der Waals surface area contributed by atoms with Gasteiger partial charge in [0.1, 0.15) is 12.4 Å². The van der Waals surface area contributed by atoms with Crippen molar-refractivity contribution in [3.05, 3.63) is 54.1 Å². The van der Waals surface area contributed by atoms with Crippen LogP contribution < -0.4 is 15.0 Å². The Hall–Kier alpha value is -2.53. The highest BCUT2D eigenvalue weighted by Crippen LogP contribution is 2.18. The number of benzene rings is 2. The summed E-state index contributed by atoms with van der Waals surface area (Å²) in [5, 5.41) is 2.92. The van der Waals surface area contributed by atoms with E-state index in [0.717, 1.165) is 23.7 Å². The number of amides is 1. The van der Waals surface area contributed by atoms with Crippen molar-refractivity contribution in [3.63, 3.8) is 0 Å². The summed E-state index contributed by atoms with van der Waals surface area (Å²) in [5.74, 6) is 0.685. The van der Waals surface area contributed by atoms with Gasteiger partial charge < -0.3 is 15.0 Å². The number of hydrogen-bond acceptors (Lipinski definition) is 4. The summed E-state index contributed by atoms with van der Waals surface area (Å²) in [6.45, 7) is 10.3. The van der Waals surface area contributed by atoms with Crippen LogP contribution in [0, 0.1) is 0 Å². The Morgan fingerprint density at radius 3 is 2.00 bits per heavy atom. The van der Waals surface area contributed by atoms with Gasteiger partial charge in [0.2, 0.25) is 0 Å². The van der Waals surface area contributed by atoms with Gasteiger partial charge in [-0.3, -0.25) is 9.69 Å². The molecule has 0 spiro atoms. The zero-order chi connectivity index (χ0) is 20.7. The van der Waals surface area contributed by atoms with Crippen LogP contribution in [0.5, 0.6) is 5.75 Å². The maximum Gasteiger partial charge on any atom is 0.255 e. The number of carbonyl (C=O) groups excluding carboxylic acids is 1. The van der Waals surface area contributed by atoms with Gasteiger partial charge >= 0.3 is 0 Å². The zero-order valence-electron chi connectivity index (χ0n) is 17.9. The molecular weight excluding hydrogens is 350 g/mol. The van der Waals surface area contributed by atoms with E-state index in [0.29, 0.717) is 24.3 Å². The van der Waals surface area contributed by atoms with Gasteiger partial charge in [-0.25, -0.2) is 0 Å². The second-order valence-electron chi connectivity index (χ2n) is 7.69. The van der Waals surface area contributed by atoms with Crippen LogP contribution in [0.4, 0.5) is 11.4 Å². The van der Waals surface area contributed by atoms with Crippen molar-refractivity contribution >= 4 is 17.3 Å². The largest absolute Gasteiger partial charge is 0.492 e. The molecule has 5 nitrogen and oxygen atoms in total. The minimum absolute atomic E-state index is 0.122. The Balaban J connectivity index is 1.87. The molecule has 0 fully saturated rings. The van der Waals surface area contributed by atoms with E-state index in [-0.39, 0.29) is 5.91 Å². The Morgan fingerprint density at radius 1 is 0.929 bits per heavy atom. The number of anilines is 2. The quantitative estimate of drug-likeness (QED) is 0.692. The number of carbonyl (C=O) groups is 1. The molecule has 1 N–H and O–H groups in total. The maximum atomic E-state index is 12.4. The lowest BCUT2D eigenvalue weighted by Gasteiger charge is -2.30. The van der Waals surface area contributed by atoms with E-state index < -0.39 is 0 Å². The molecule has 0 aliphatic heterocycles. The van der Waals surface area contributed by atoms with E-state index in [2.05, 4.69) is 37.9 Å². The standard InChI is InChI=1S/C23H33N3O2/c1-17(2)26(18(3)4)15-16-28-22-13-9-20(10-14-22)24-23(27)19-7-11-21(12-8-19)25(5)6/h7-14,17-18H,15-16H2,1-6H3,(H,24,27). The van der Waals surface area contributed by atoms with Crippen LogP contribution in [0.3, 0.4) is 0 Å². The van der Waals surface area contributed by atoms with Crippen molar-refractivity contribution in [2.45, 2.75) is 39.8 Å². The molecule has 2 rings (SSSR count). The summed E-state index contributed by atoms with van der Waals surface area (Å²) in [5.41, 5.74) is 2.44. The lowest BCUT2D eigenvalue weighted by molar-refractivity contribution is 0.102. The van der Waals surface area contributed by atoms with Crippen LogP contribution in [0.25, 0.3) is 0 Å². The first kappa shape index (κ1) is 21.8. The Morgan fingerprint density at radius 2 is 1.50 bits per heavy atom. The van der Waals surface area contributed by atoms with Gasteiger partial charge in [-0.15, -0.1) is 0 Å². The molecule has 1 amide bonds. The molecule has 0 aromatic heterocycles. The third-order valence-corrected chi connectivity index (χ3v) is 4.70. The van der Waals surface area contributed by atoms with Crippen LogP contribution in [0.1, 0.15) is 38.1 Å². The summed E-state index contributed by atoms with van der Waals surface area (Å²) in [6, 6.07) is 16.0. The summed E-state index contributed by atoms with van der Waals surface area (Å²) in [6.07, 6.45) is 0. The number of nitrogens with zero attached hydrogens (tertiary/aromatic N) is 2. The molecule has 152 valence electrons. The van der Waals surface area contributed by atoms with Crippen LogP contribution in [0.2, 0.25) is 0 Å². The molecule has 2 aromatic rings. The molecule has 28 heavy (non-hydrogen) atoms. The van der Waals surface area contributed by atoms with E-state index in [1.807, 2.05) is 67.5 Å². The average Bonchev–Trinajstić information content (AvgIpc) is 2.66. The second-order valence-corrected chi connectivity index (χ2v) is 7.69. The molecule has 0 aliphatic carbocycles. The van der Waals surface area contributed by atoms with Crippen LogP contribution >= 0.6 is 0 Å². The van der Waals surface area contributed by atoms with Gasteiger partial charge in [0.25, 0.3) is 5.91 Å². The molecule has 0 saturated carbocycles. The highest BCUT2D eigenvalue weighted by Gasteiger charge is 2.13. The second kappa shape index (κ2) is 10.1. The summed E-state index contributed by atoms with van der Waals surface area (Å²) < 4.78 is 5.86. The molecular formula is C23H33N3O2. The number of rotatable bonds is 9. The third kappa shape index (κ3) is 6.27. The molecule has 0 unspecified atom stereocenters. The SMILES string of the molecule is CC(C)N(CCOc1ccc(NC(=O)c2ccc(N(C)C)cc2)cc1)C(C)C. The predicted molar refractivity (Wildman–Crippen MR) is 118 cm³/mol. The van der Waals surface area contributed by atoms with E-state index in [4.69, 9.17) is 4.74 Å².